The highest BCUT2D eigenvalue weighted by Gasteiger charge is 2.48. The fourth-order valence-electron chi connectivity index (χ4n) is 5.00. The third-order valence-corrected chi connectivity index (χ3v) is 7.42. The van der Waals surface area contributed by atoms with Crippen molar-refractivity contribution in [2.75, 3.05) is 18.4 Å². The Morgan fingerprint density at radius 2 is 1.89 bits per heavy atom. The molecule has 6 heteroatoms. The molecule has 3 amide bonds. The minimum atomic E-state index is -0.0261. The second-order valence-electron chi connectivity index (χ2n) is 8.79. The molecule has 3 fully saturated rings. The molecule has 5 nitrogen and oxygen atoms in total. The molecule has 1 aromatic carbocycles. The molecule has 2 aliphatic carbocycles. The fourth-order valence-corrected chi connectivity index (χ4v) is 5.38. The van der Waals surface area contributed by atoms with Crippen molar-refractivity contribution in [2.24, 2.45) is 11.3 Å². The van der Waals surface area contributed by atoms with Gasteiger partial charge in [0.1, 0.15) is 0 Å². The van der Waals surface area contributed by atoms with E-state index >= 15 is 0 Å². The van der Waals surface area contributed by atoms with E-state index in [-0.39, 0.29) is 17.4 Å². The van der Waals surface area contributed by atoms with Crippen LogP contribution in [0, 0.1) is 11.3 Å². The van der Waals surface area contributed by atoms with Gasteiger partial charge in [-0.15, -0.1) is 0 Å². The van der Waals surface area contributed by atoms with Crippen LogP contribution in [0.25, 0.3) is 0 Å². The minimum absolute atomic E-state index is 0.0261. The Hall–Kier alpha value is -1.56. The molecule has 2 N–H and O–H groups in total. The van der Waals surface area contributed by atoms with Gasteiger partial charge >= 0.3 is 6.03 Å². The summed E-state index contributed by atoms with van der Waals surface area (Å²) in [6.45, 7) is 1.57. The van der Waals surface area contributed by atoms with Crippen LogP contribution in [0.5, 0.6) is 0 Å². The van der Waals surface area contributed by atoms with Crippen molar-refractivity contribution < 1.29 is 9.59 Å². The third kappa shape index (κ3) is 4.53. The largest absolute Gasteiger partial charge is 0.353 e. The number of urea groups is 1. The van der Waals surface area contributed by atoms with Crippen molar-refractivity contribution in [3.8, 4) is 0 Å². The van der Waals surface area contributed by atoms with Crippen LogP contribution in [0.1, 0.15) is 57.8 Å². The van der Waals surface area contributed by atoms with Gasteiger partial charge in [0.05, 0.1) is 5.69 Å². The van der Waals surface area contributed by atoms with Crippen molar-refractivity contribution in [1.29, 1.82) is 0 Å². The van der Waals surface area contributed by atoms with Crippen molar-refractivity contribution >= 4 is 33.6 Å². The molecule has 1 unspecified atom stereocenters. The van der Waals surface area contributed by atoms with Crippen molar-refractivity contribution in [3.05, 3.63) is 28.7 Å². The van der Waals surface area contributed by atoms with Crippen LogP contribution in [0.3, 0.4) is 0 Å². The molecule has 0 bridgehead atoms. The Balaban J connectivity index is 1.40. The van der Waals surface area contributed by atoms with Gasteiger partial charge in [-0.1, -0.05) is 31.4 Å². The second-order valence-corrected chi connectivity index (χ2v) is 9.65. The summed E-state index contributed by atoms with van der Waals surface area (Å²) in [5.74, 6) is 0.604. The molecule has 4 rings (SSSR count). The number of rotatable bonds is 5. The number of nitrogens with one attached hydrogen (secondary N) is 2. The highest BCUT2D eigenvalue weighted by Crippen LogP contribution is 2.49. The summed E-state index contributed by atoms with van der Waals surface area (Å²) in [5.41, 5.74) is 1.00. The first-order valence-electron chi connectivity index (χ1n) is 10.7. The number of anilines is 1. The minimum Gasteiger partial charge on any atom is -0.353 e. The van der Waals surface area contributed by atoms with E-state index in [0.29, 0.717) is 18.4 Å². The molecule has 1 heterocycles. The number of nitrogens with zero attached hydrogens (tertiary/aromatic N) is 1. The zero-order valence-electron chi connectivity index (χ0n) is 16.4. The number of halogens is 1. The van der Waals surface area contributed by atoms with E-state index in [9.17, 15) is 9.59 Å². The number of benzene rings is 1. The van der Waals surface area contributed by atoms with E-state index < -0.39 is 0 Å². The normalized spacial score (nSPS) is 23.6. The molecule has 152 valence electrons. The van der Waals surface area contributed by atoms with Gasteiger partial charge < -0.3 is 15.5 Å². The molecule has 1 saturated heterocycles. The van der Waals surface area contributed by atoms with Crippen LogP contribution in [0.4, 0.5) is 10.5 Å². The SMILES string of the molecule is O=C(CCC1CN(C(=O)Nc2ccccc2Br)CC12CCCCC2)NC1CC1. The molecule has 1 atom stereocenters. The average molecular weight is 448 g/mol. The first kappa shape index (κ1) is 19.7. The maximum absolute atomic E-state index is 12.9. The maximum Gasteiger partial charge on any atom is 0.321 e. The number of carbonyl (C=O) groups excluding carboxylic acids is 2. The lowest BCUT2D eigenvalue weighted by Crippen LogP contribution is -2.36. The van der Waals surface area contributed by atoms with E-state index in [2.05, 4.69) is 26.6 Å². The van der Waals surface area contributed by atoms with Crippen molar-refractivity contribution in [1.82, 2.24) is 10.2 Å². The lowest BCUT2D eigenvalue weighted by atomic mass is 9.66. The molecule has 1 aromatic rings. The summed E-state index contributed by atoms with van der Waals surface area (Å²) < 4.78 is 0.892. The molecule has 2 saturated carbocycles. The Kier molecular flexibility index (Phi) is 5.95. The summed E-state index contributed by atoms with van der Waals surface area (Å²) in [6, 6.07) is 8.11. The smallest absolute Gasteiger partial charge is 0.321 e. The lowest BCUT2D eigenvalue weighted by molar-refractivity contribution is -0.121. The van der Waals surface area contributed by atoms with Crippen molar-refractivity contribution in [3.63, 3.8) is 0 Å². The van der Waals surface area contributed by atoms with Crippen LogP contribution in [-0.2, 0) is 4.79 Å². The number of hydrogen-bond donors (Lipinski definition) is 2. The zero-order chi connectivity index (χ0) is 19.6. The average Bonchev–Trinajstić information content (AvgIpc) is 3.43. The Morgan fingerprint density at radius 1 is 1.14 bits per heavy atom. The van der Waals surface area contributed by atoms with Crippen LogP contribution in [0.2, 0.25) is 0 Å². The lowest BCUT2D eigenvalue weighted by Gasteiger charge is -2.38. The van der Waals surface area contributed by atoms with E-state index in [1.165, 1.54) is 32.1 Å². The van der Waals surface area contributed by atoms with Gasteiger partial charge in [0.15, 0.2) is 0 Å². The standard InChI is InChI=1S/C22H30BrN3O2/c23-18-6-2-3-7-19(18)25-21(28)26-14-16(8-11-20(27)24-17-9-10-17)22(15-26)12-4-1-5-13-22/h2-3,6-7,16-17H,1,4-5,8-15H2,(H,24,27)(H,25,28). The highest BCUT2D eigenvalue weighted by molar-refractivity contribution is 9.10. The zero-order valence-corrected chi connectivity index (χ0v) is 18.0. The van der Waals surface area contributed by atoms with E-state index in [1.807, 2.05) is 29.2 Å². The van der Waals surface area contributed by atoms with Crippen LogP contribution < -0.4 is 10.6 Å². The van der Waals surface area contributed by atoms with E-state index in [4.69, 9.17) is 0 Å². The number of hydrogen-bond acceptors (Lipinski definition) is 2. The van der Waals surface area contributed by atoms with Gasteiger partial charge in [-0.05, 0) is 71.5 Å². The van der Waals surface area contributed by atoms with Gasteiger partial charge in [0.2, 0.25) is 5.91 Å². The Bertz CT molecular complexity index is 728. The van der Waals surface area contributed by atoms with Crippen LogP contribution in [-0.4, -0.2) is 36.0 Å². The predicted molar refractivity (Wildman–Crippen MR) is 114 cm³/mol. The Labute approximate surface area is 175 Å². The molecule has 1 spiro atoms. The second kappa shape index (κ2) is 8.44. The van der Waals surface area contributed by atoms with Gasteiger partial charge in [-0.2, -0.15) is 0 Å². The predicted octanol–water partition coefficient (Wildman–Crippen LogP) is 4.92. The summed E-state index contributed by atoms with van der Waals surface area (Å²) in [5, 5.41) is 6.16. The van der Waals surface area contributed by atoms with Gasteiger partial charge in [-0.25, -0.2) is 4.79 Å². The van der Waals surface area contributed by atoms with Gasteiger partial charge in [-0.3, -0.25) is 4.79 Å². The molecule has 0 radical (unpaired) electrons. The summed E-state index contributed by atoms with van der Waals surface area (Å²) in [6.07, 6.45) is 9.86. The van der Waals surface area contributed by atoms with Crippen LogP contribution in [0.15, 0.2) is 28.7 Å². The quantitative estimate of drug-likeness (QED) is 0.672. The molecule has 3 aliphatic rings. The highest BCUT2D eigenvalue weighted by atomic mass is 79.9. The number of amides is 3. The van der Waals surface area contributed by atoms with E-state index in [1.54, 1.807) is 0 Å². The van der Waals surface area contributed by atoms with Gasteiger partial charge in [0.25, 0.3) is 0 Å². The molecule has 0 aromatic heterocycles. The van der Waals surface area contributed by atoms with Crippen molar-refractivity contribution in [2.45, 2.75) is 63.8 Å². The van der Waals surface area contributed by atoms with Crippen LogP contribution >= 0.6 is 15.9 Å². The topological polar surface area (TPSA) is 61.4 Å². The first-order chi connectivity index (χ1) is 13.6. The fraction of sp³-hybridized carbons (Fsp3) is 0.636. The van der Waals surface area contributed by atoms with E-state index in [0.717, 1.165) is 42.5 Å². The summed E-state index contributed by atoms with van der Waals surface area (Å²) in [4.78, 5) is 27.1. The molecular formula is C22H30BrN3O2. The molecular weight excluding hydrogens is 418 g/mol. The molecule has 1 aliphatic heterocycles. The monoisotopic (exact) mass is 447 g/mol. The number of likely N-dealkylation sites (tertiary alicyclic amines) is 1. The first-order valence-corrected chi connectivity index (χ1v) is 11.4. The number of para-hydroxylation sites is 1. The molecule has 28 heavy (non-hydrogen) atoms. The van der Waals surface area contributed by atoms with Gasteiger partial charge in [0, 0.05) is 30.0 Å². The summed E-state index contributed by atoms with van der Waals surface area (Å²) in [7, 11) is 0. The number of carbonyl (C=O) groups is 2. The third-order valence-electron chi connectivity index (χ3n) is 6.73. The summed E-state index contributed by atoms with van der Waals surface area (Å²) >= 11 is 3.50. The Morgan fingerprint density at radius 3 is 2.61 bits per heavy atom. The maximum atomic E-state index is 12.9.